The topological polar surface area (TPSA) is 58.5 Å². The molecule has 0 aliphatic carbocycles. The molecule has 2 amide bonds. The number of hydrogen-bond acceptors (Lipinski definition) is 3. The molecule has 1 aromatic rings. The van der Waals surface area contributed by atoms with E-state index in [-0.39, 0.29) is 11.8 Å². The Kier molecular flexibility index (Phi) is 4.09. The highest BCUT2D eigenvalue weighted by Crippen LogP contribution is 2.29. The second-order valence-electron chi connectivity index (χ2n) is 4.81. The van der Waals surface area contributed by atoms with Gasteiger partial charge in [0.2, 0.25) is 5.91 Å². The first-order valence-corrected chi connectivity index (χ1v) is 7.06. The Hall–Kier alpha value is -1.88. The second-order valence-corrected chi connectivity index (χ2v) is 5.84. The van der Waals surface area contributed by atoms with Crippen molar-refractivity contribution in [2.45, 2.75) is 27.7 Å². The summed E-state index contributed by atoms with van der Waals surface area (Å²) in [6.45, 7) is 7.51. The zero-order chi connectivity index (χ0) is 14.9. The normalized spacial score (nSPS) is 16.5. The van der Waals surface area contributed by atoms with Crippen LogP contribution in [0.25, 0.3) is 6.08 Å². The average Bonchev–Trinajstić information content (AvgIpc) is 2.65. The summed E-state index contributed by atoms with van der Waals surface area (Å²) in [4.78, 5) is 27.1. The monoisotopic (exact) mass is 288 g/mol. The fourth-order valence-corrected chi connectivity index (χ4v) is 2.74. The van der Waals surface area contributed by atoms with E-state index in [0.717, 1.165) is 11.1 Å². The van der Waals surface area contributed by atoms with Crippen LogP contribution in [0.1, 0.15) is 29.2 Å². The van der Waals surface area contributed by atoms with Crippen molar-refractivity contribution in [3.8, 4) is 0 Å². The van der Waals surface area contributed by atoms with Gasteiger partial charge in [0.1, 0.15) is 0 Å². The van der Waals surface area contributed by atoms with Gasteiger partial charge in [-0.3, -0.25) is 9.59 Å². The third-order valence-electron chi connectivity index (χ3n) is 3.07. The van der Waals surface area contributed by atoms with E-state index in [2.05, 4.69) is 29.4 Å². The Morgan fingerprint density at radius 3 is 2.50 bits per heavy atom. The van der Waals surface area contributed by atoms with Crippen LogP contribution < -0.4 is 5.32 Å². The molecule has 5 heteroatoms. The number of thioether (sulfide) groups is 1. The Morgan fingerprint density at radius 1 is 1.20 bits per heavy atom. The molecule has 0 saturated carbocycles. The van der Waals surface area contributed by atoms with Crippen molar-refractivity contribution in [3.05, 3.63) is 39.3 Å². The molecule has 104 valence electrons. The Morgan fingerprint density at radius 2 is 1.85 bits per heavy atom. The maximum absolute atomic E-state index is 11.8. The molecule has 20 heavy (non-hydrogen) atoms. The van der Waals surface area contributed by atoms with Crippen LogP contribution >= 0.6 is 11.8 Å². The zero-order valence-corrected chi connectivity index (χ0v) is 12.7. The number of carbonyl (C=O) groups excluding carboxylic acids is 2. The summed E-state index contributed by atoms with van der Waals surface area (Å²) >= 11 is 1.19. The van der Waals surface area contributed by atoms with Gasteiger partial charge in [0.15, 0.2) is 5.17 Å². The maximum atomic E-state index is 11.8. The fourth-order valence-electron chi connectivity index (χ4n) is 1.89. The lowest BCUT2D eigenvalue weighted by molar-refractivity contribution is -0.117. The summed E-state index contributed by atoms with van der Waals surface area (Å²) in [5.41, 5.74) is 4.52. The molecule has 0 aromatic heterocycles. The molecule has 0 atom stereocenters. The summed E-state index contributed by atoms with van der Waals surface area (Å²) < 4.78 is 0. The highest BCUT2D eigenvalue weighted by atomic mass is 32.2. The first-order valence-electron chi connectivity index (χ1n) is 6.25. The molecular weight excluding hydrogens is 272 g/mol. The number of rotatable bonds is 1. The lowest BCUT2D eigenvalue weighted by atomic mass is 10.0. The van der Waals surface area contributed by atoms with Crippen LogP contribution in [0.5, 0.6) is 0 Å². The number of amidine groups is 1. The largest absolute Gasteiger partial charge is 0.305 e. The van der Waals surface area contributed by atoms with Crippen LogP contribution in [0, 0.1) is 20.8 Å². The van der Waals surface area contributed by atoms with Gasteiger partial charge in [-0.15, -0.1) is 0 Å². The quantitative estimate of drug-likeness (QED) is 0.808. The zero-order valence-electron chi connectivity index (χ0n) is 11.9. The van der Waals surface area contributed by atoms with Gasteiger partial charge in [0, 0.05) is 6.92 Å². The van der Waals surface area contributed by atoms with Crippen molar-refractivity contribution in [3.63, 3.8) is 0 Å². The van der Waals surface area contributed by atoms with Crippen LogP contribution in [-0.4, -0.2) is 17.0 Å². The smallest absolute Gasteiger partial charge is 0.286 e. The maximum Gasteiger partial charge on any atom is 0.286 e. The van der Waals surface area contributed by atoms with Gasteiger partial charge in [-0.2, -0.15) is 4.99 Å². The molecule has 1 aliphatic heterocycles. The minimum absolute atomic E-state index is 0.229. The lowest BCUT2D eigenvalue weighted by Crippen LogP contribution is -2.23. The van der Waals surface area contributed by atoms with E-state index < -0.39 is 0 Å². The van der Waals surface area contributed by atoms with Gasteiger partial charge in [-0.05, 0) is 60.9 Å². The second kappa shape index (κ2) is 5.63. The summed E-state index contributed by atoms with van der Waals surface area (Å²) in [7, 11) is 0. The van der Waals surface area contributed by atoms with E-state index in [4.69, 9.17) is 0 Å². The Bertz CT molecular complexity index is 660. The molecular formula is C15H16N2O2S. The first-order chi connectivity index (χ1) is 9.36. The van der Waals surface area contributed by atoms with Gasteiger partial charge in [0.05, 0.1) is 4.91 Å². The van der Waals surface area contributed by atoms with E-state index in [1.54, 1.807) is 0 Å². The number of nitrogens with one attached hydrogen (secondary N) is 1. The molecule has 0 radical (unpaired) electrons. The molecule has 0 bridgehead atoms. The van der Waals surface area contributed by atoms with Crippen LogP contribution in [0.15, 0.2) is 22.0 Å². The molecule has 1 N–H and O–H groups in total. The molecule has 0 fully saturated rings. The standard InChI is InChI=1S/C15H16N2O2S/c1-8-5-10(3)12(6-9(8)2)7-13-14(19)17-15(20-13)16-11(4)18/h5-7H,1-4H3,(H,16,17,18,19). The van der Waals surface area contributed by atoms with E-state index in [0.29, 0.717) is 10.1 Å². The Balaban J connectivity index is 2.28. The third-order valence-corrected chi connectivity index (χ3v) is 3.97. The first kappa shape index (κ1) is 14.5. The van der Waals surface area contributed by atoms with E-state index in [1.165, 1.54) is 29.8 Å². The molecule has 1 aromatic carbocycles. The molecule has 0 saturated heterocycles. The van der Waals surface area contributed by atoms with Crippen LogP contribution in [0.4, 0.5) is 0 Å². The molecule has 0 unspecified atom stereocenters. The number of carbonyl (C=O) groups is 2. The molecule has 1 heterocycles. The van der Waals surface area contributed by atoms with Crippen LogP contribution in [-0.2, 0) is 9.59 Å². The van der Waals surface area contributed by atoms with Gasteiger partial charge >= 0.3 is 0 Å². The SMILES string of the molecule is CC(=O)NC1=NC(=O)C(=Cc2cc(C)c(C)cc2C)S1. The van der Waals surface area contributed by atoms with Crippen molar-refractivity contribution < 1.29 is 9.59 Å². The van der Waals surface area contributed by atoms with E-state index in [9.17, 15) is 9.59 Å². The lowest BCUT2D eigenvalue weighted by Gasteiger charge is -2.06. The molecule has 0 spiro atoms. The van der Waals surface area contributed by atoms with Crippen LogP contribution in [0.2, 0.25) is 0 Å². The summed E-state index contributed by atoms with van der Waals surface area (Å²) in [6.07, 6.45) is 1.83. The minimum atomic E-state index is -0.309. The third kappa shape index (κ3) is 3.17. The molecule has 4 nitrogen and oxygen atoms in total. The van der Waals surface area contributed by atoms with Crippen molar-refractivity contribution in [1.29, 1.82) is 0 Å². The van der Waals surface area contributed by atoms with Crippen molar-refractivity contribution in [1.82, 2.24) is 5.32 Å². The predicted molar refractivity (Wildman–Crippen MR) is 82.5 cm³/mol. The van der Waals surface area contributed by atoms with Gasteiger partial charge in [-0.25, -0.2) is 0 Å². The highest BCUT2D eigenvalue weighted by molar-refractivity contribution is 8.18. The number of aliphatic imine (C=N–C) groups is 1. The van der Waals surface area contributed by atoms with Gasteiger partial charge < -0.3 is 5.32 Å². The summed E-state index contributed by atoms with van der Waals surface area (Å²) in [5.74, 6) is -0.538. The van der Waals surface area contributed by atoms with E-state index >= 15 is 0 Å². The van der Waals surface area contributed by atoms with Gasteiger partial charge in [-0.1, -0.05) is 12.1 Å². The summed E-state index contributed by atoms with van der Waals surface area (Å²) in [6, 6.07) is 4.16. The van der Waals surface area contributed by atoms with Crippen molar-refractivity contribution in [2.24, 2.45) is 4.99 Å². The number of amides is 2. The molecule has 1 aliphatic rings. The fraction of sp³-hybridized carbons (Fsp3) is 0.267. The predicted octanol–water partition coefficient (Wildman–Crippen LogP) is 2.72. The van der Waals surface area contributed by atoms with Gasteiger partial charge in [0.25, 0.3) is 5.91 Å². The molecule has 2 rings (SSSR count). The number of aryl methyl sites for hydroxylation is 3. The average molecular weight is 288 g/mol. The summed E-state index contributed by atoms with van der Waals surface area (Å²) in [5, 5.41) is 2.88. The van der Waals surface area contributed by atoms with E-state index in [1.807, 2.05) is 19.9 Å². The minimum Gasteiger partial charge on any atom is -0.305 e. The van der Waals surface area contributed by atoms with Crippen LogP contribution in [0.3, 0.4) is 0 Å². The number of hydrogen-bond donors (Lipinski definition) is 1. The van der Waals surface area contributed by atoms with Crippen molar-refractivity contribution in [2.75, 3.05) is 0 Å². The Labute approximate surface area is 122 Å². The number of benzene rings is 1. The van der Waals surface area contributed by atoms with Crippen molar-refractivity contribution >= 4 is 34.8 Å². The number of nitrogens with zero attached hydrogens (tertiary/aromatic N) is 1. The highest BCUT2D eigenvalue weighted by Gasteiger charge is 2.22.